The summed E-state index contributed by atoms with van der Waals surface area (Å²) < 4.78 is 38.0. The van der Waals surface area contributed by atoms with Gasteiger partial charge in [-0.1, -0.05) is 6.07 Å². The number of alkyl halides is 4. The Hall–Kier alpha value is -1.23. The predicted octanol–water partition coefficient (Wildman–Crippen LogP) is 3.69. The minimum Gasteiger partial charge on any atom is -0.311 e. The largest absolute Gasteiger partial charge is 0.416 e. The Morgan fingerprint density at radius 3 is 2.58 bits per heavy atom. The maximum Gasteiger partial charge on any atom is 0.416 e. The second kappa shape index (κ2) is 5.41. The molecule has 19 heavy (non-hydrogen) atoms. The first-order chi connectivity index (χ1) is 8.91. The minimum atomic E-state index is -4.41. The number of rotatable bonds is 4. The average molecular weight is 292 g/mol. The van der Waals surface area contributed by atoms with Crippen molar-refractivity contribution in [1.82, 2.24) is 0 Å². The molecule has 0 aliphatic heterocycles. The van der Waals surface area contributed by atoms with Gasteiger partial charge in [0.25, 0.3) is 0 Å². The minimum absolute atomic E-state index is 0.233. The summed E-state index contributed by atoms with van der Waals surface area (Å²) in [5.41, 5.74) is -0.499. The molecule has 0 unspecified atom stereocenters. The lowest BCUT2D eigenvalue weighted by atomic mass is 10.1. The van der Waals surface area contributed by atoms with Gasteiger partial charge in [-0.2, -0.15) is 13.2 Å². The van der Waals surface area contributed by atoms with E-state index in [4.69, 9.17) is 11.6 Å². The molecule has 0 radical (unpaired) electrons. The van der Waals surface area contributed by atoms with Crippen molar-refractivity contribution in [3.05, 3.63) is 29.8 Å². The lowest BCUT2D eigenvalue weighted by Crippen LogP contribution is -2.34. The van der Waals surface area contributed by atoms with Gasteiger partial charge in [0, 0.05) is 12.2 Å². The van der Waals surface area contributed by atoms with Gasteiger partial charge in [0.05, 0.1) is 5.56 Å². The standard InChI is InChI=1S/C13H13ClF3NO/c14-7-12(19)18(8-9-4-5-9)11-3-1-2-10(6-11)13(15,16)17/h1-3,6,9H,4-5,7-8H2. The van der Waals surface area contributed by atoms with E-state index in [9.17, 15) is 18.0 Å². The van der Waals surface area contributed by atoms with Crippen molar-refractivity contribution in [2.75, 3.05) is 17.3 Å². The van der Waals surface area contributed by atoms with Gasteiger partial charge in [-0.15, -0.1) is 11.6 Å². The van der Waals surface area contributed by atoms with Gasteiger partial charge >= 0.3 is 6.18 Å². The number of hydrogen-bond acceptors (Lipinski definition) is 1. The first-order valence-corrected chi connectivity index (χ1v) is 6.49. The summed E-state index contributed by atoms with van der Waals surface area (Å²) in [7, 11) is 0. The number of hydrogen-bond donors (Lipinski definition) is 0. The maximum atomic E-state index is 12.7. The SMILES string of the molecule is O=C(CCl)N(CC1CC1)c1cccc(C(F)(F)F)c1. The zero-order valence-corrected chi connectivity index (χ0v) is 10.8. The van der Waals surface area contributed by atoms with Gasteiger partial charge in [-0.05, 0) is 37.0 Å². The van der Waals surface area contributed by atoms with E-state index in [-0.39, 0.29) is 17.5 Å². The number of benzene rings is 1. The summed E-state index contributed by atoms with van der Waals surface area (Å²) in [6.07, 6.45) is -2.40. The summed E-state index contributed by atoms with van der Waals surface area (Å²) in [6, 6.07) is 4.79. The quantitative estimate of drug-likeness (QED) is 0.775. The lowest BCUT2D eigenvalue weighted by Gasteiger charge is -2.22. The van der Waals surface area contributed by atoms with Crippen LogP contribution in [0.25, 0.3) is 0 Å². The second-order valence-electron chi connectivity index (χ2n) is 4.63. The third-order valence-corrected chi connectivity index (χ3v) is 3.27. The molecule has 0 bridgehead atoms. The maximum absolute atomic E-state index is 12.7. The molecule has 0 saturated heterocycles. The molecule has 0 spiro atoms. The van der Waals surface area contributed by atoms with E-state index in [0.29, 0.717) is 12.5 Å². The van der Waals surface area contributed by atoms with Crippen LogP contribution in [0.15, 0.2) is 24.3 Å². The fraction of sp³-hybridized carbons (Fsp3) is 0.462. The molecule has 1 aromatic rings. The molecule has 2 nitrogen and oxygen atoms in total. The zero-order valence-electron chi connectivity index (χ0n) is 10.1. The Balaban J connectivity index is 2.27. The van der Waals surface area contributed by atoms with Gasteiger partial charge in [0.15, 0.2) is 0 Å². The fourth-order valence-electron chi connectivity index (χ4n) is 1.83. The second-order valence-corrected chi connectivity index (χ2v) is 4.90. The highest BCUT2D eigenvalue weighted by Crippen LogP contribution is 2.34. The fourth-order valence-corrected chi connectivity index (χ4v) is 1.98. The number of amides is 1. The Morgan fingerprint density at radius 1 is 1.37 bits per heavy atom. The molecule has 0 atom stereocenters. The molecule has 1 fully saturated rings. The van der Waals surface area contributed by atoms with Crippen LogP contribution in [0.1, 0.15) is 18.4 Å². The van der Waals surface area contributed by atoms with Crippen molar-refractivity contribution >= 4 is 23.2 Å². The van der Waals surface area contributed by atoms with E-state index >= 15 is 0 Å². The highest BCUT2D eigenvalue weighted by atomic mass is 35.5. The van der Waals surface area contributed by atoms with Gasteiger partial charge in [-0.3, -0.25) is 4.79 Å². The van der Waals surface area contributed by atoms with Gasteiger partial charge < -0.3 is 4.90 Å². The molecule has 104 valence electrons. The number of carbonyl (C=O) groups excluding carboxylic acids is 1. The Labute approximate surface area is 114 Å². The predicted molar refractivity (Wildman–Crippen MR) is 67.2 cm³/mol. The summed E-state index contributed by atoms with van der Waals surface area (Å²) in [5.74, 6) is -0.224. The third kappa shape index (κ3) is 3.62. The molecule has 1 amide bonds. The van der Waals surface area contributed by atoms with Crippen LogP contribution in [-0.4, -0.2) is 18.3 Å². The summed E-state index contributed by atoms with van der Waals surface area (Å²) >= 11 is 5.52. The Kier molecular flexibility index (Phi) is 4.04. The number of carbonyl (C=O) groups is 1. The molecule has 0 N–H and O–H groups in total. The molecular weight excluding hydrogens is 279 g/mol. The van der Waals surface area contributed by atoms with E-state index in [2.05, 4.69) is 0 Å². The normalized spacial score (nSPS) is 15.4. The summed E-state index contributed by atoms with van der Waals surface area (Å²) in [4.78, 5) is 13.1. The van der Waals surface area contributed by atoms with E-state index in [1.165, 1.54) is 17.0 Å². The average Bonchev–Trinajstić information content (AvgIpc) is 3.18. The number of nitrogens with zero attached hydrogens (tertiary/aromatic N) is 1. The van der Waals surface area contributed by atoms with Crippen LogP contribution in [0.4, 0.5) is 18.9 Å². The smallest absolute Gasteiger partial charge is 0.311 e. The Bertz CT molecular complexity index is 471. The van der Waals surface area contributed by atoms with Crippen LogP contribution >= 0.6 is 11.6 Å². The van der Waals surface area contributed by atoms with E-state index in [1.54, 1.807) is 0 Å². The molecule has 1 aliphatic rings. The monoisotopic (exact) mass is 291 g/mol. The van der Waals surface area contributed by atoms with Gasteiger partial charge in [0.1, 0.15) is 5.88 Å². The van der Waals surface area contributed by atoms with Crippen molar-refractivity contribution in [2.24, 2.45) is 5.92 Å². The van der Waals surface area contributed by atoms with Crippen LogP contribution in [0, 0.1) is 5.92 Å². The summed E-state index contributed by atoms with van der Waals surface area (Å²) in [5, 5.41) is 0. The van der Waals surface area contributed by atoms with Crippen molar-refractivity contribution in [2.45, 2.75) is 19.0 Å². The van der Waals surface area contributed by atoms with Gasteiger partial charge in [0.2, 0.25) is 5.91 Å². The van der Waals surface area contributed by atoms with E-state index < -0.39 is 11.7 Å². The van der Waals surface area contributed by atoms with E-state index in [0.717, 1.165) is 25.0 Å². The van der Waals surface area contributed by atoms with Crippen LogP contribution < -0.4 is 4.90 Å². The molecule has 2 rings (SSSR count). The molecule has 1 aromatic carbocycles. The van der Waals surface area contributed by atoms with Crippen molar-refractivity contribution in [1.29, 1.82) is 0 Å². The molecule has 1 saturated carbocycles. The van der Waals surface area contributed by atoms with Crippen molar-refractivity contribution < 1.29 is 18.0 Å². The topological polar surface area (TPSA) is 20.3 Å². The molecule has 6 heteroatoms. The first-order valence-electron chi connectivity index (χ1n) is 5.95. The molecule has 0 heterocycles. The van der Waals surface area contributed by atoms with E-state index in [1.807, 2.05) is 0 Å². The number of halogens is 4. The van der Waals surface area contributed by atoms with Crippen LogP contribution in [0.2, 0.25) is 0 Å². The lowest BCUT2D eigenvalue weighted by molar-refractivity contribution is -0.137. The third-order valence-electron chi connectivity index (χ3n) is 3.04. The van der Waals surface area contributed by atoms with Crippen LogP contribution in [0.5, 0.6) is 0 Å². The number of anilines is 1. The molecule has 1 aliphatic carbocycles. The van der Waals surface area contributed by atoms with Crippen LogP contribution in [0.3, 0.4) is 0 Å². The van der Waals surface area contributed by atoms with Gasteiger partial charge in [-0.25, -0.2) is 0 Å². The summed E-state index contributed by atoms with van der Waals surface area (Å²) in [6.45, 7) is 0.437. The van der Waals surface area contributed by atoms with Crippen molar-refractivity contribution in [3.63, 3.8) is 0 Å². The first kappa shape index (κ1) is 14.2. The molecule has 0 aromatic heterocycles. The highest BCUT2D eigenvalue weighted by Gasteiger charge is 2.32. The van der Waals surface area contributed by atoms with Crippen LogP contribution in [-0.2, 0) is 11.0 Å². The van der Waals surface area contributed by atoms with Crippen molar-refractivity contribution in [3.8, 4) is 0 Å². The molecular formula is C13H13ClF3NO. The zero-order chi connectivity index (χ0) is 14.0. The highest BCUT2D eigenvalue weighted by molar-refractivity contribution is 6.29. The Morgan fingerprint density at radius 2 is 2.05 bits per heavy atom.